The summed E-state index contributed by atoms with van der Waals surface area (Å²) in [5, 5.41) is 0. The number of hydrogen-bond donors (Lipinski definition) is 0. The first-order valence-electron chi connectivity index (χ1n) is 8.43. The topological polar surface area (TPSA) is 63.7 Å². The highest BCUT2D eigenvalue weighted by molar-refractivity contribution is 7.91. The monoisotopic (exact) mass is 353 g/mol. The summed E-state index contributed by atoms with van der Waals surface area (Å²) in [6, 6.07) is 8.57. The number of ether oxygens (including phenoxy) is 1. The molecule has 1 heterocycles. The molecule has 1 amide bonds. The van der Waals surface area contributed by atoms with Gasteiger partial charge in [-0.15, -0.1) is 0 Å². The second-order valence-corrected chi connectivity index (χ2v) is 9.44. The van der Waals surface area contributed by atoms with Crippen LogP contribution in [0, 0.1) is 5.92 Å². The largest absolute Gasteiger partial charge is 0.444 e. The third-order valence-corrected chi connectivity index (χ3v) is 5.93. The van der Waals surface area contributed by atoms with Crippen LogP contribution < -0.4 is 0 Å². The van der Waals surface area contributed by atoms with Gasteiger partial charge in [-0.3, -0.25) is 0 Å². The number of benzene rings is 1. The first-order valence-corrected chi connectivity index (χ1v) is 10.1. The average Bonchev–Trinajstić information content (AvgIpc) is 2.53. The lowest BCUT2D eigenvalue weighted by molar-refractivity contribution is 0.0183. The third-order valence-electron chi connectivity index (χ3n) is 4.16. The summed E-state index contributed by atoms with van der Waals surface area (Å²) in [4.78, 5) is 14.1. The highest BCUT2D eigenvalue weighted by Gasteiger charge is 2.27. The molecular formula is C18H27NO4S. The van der Waals surface area contributed by atoms with Crippen LogP contribution in [0.4, 0.5) is 4.79 Å². The van der Waals surface area contributed by atoms with Crippen LogP contribution in [-0.4, -0.2) is 43.9 Å². The maximum absolute atomic E-state index is 12.3. The van der Waals surface area contributed by atoms with E-state index in [1.807, 2.05) is 26.8 Å². The summed E-state index contributed by atoms with van der Waals surface area (Å²) in [5.74, 6) is 0.496. The smallest absolute Gasteiger partial charge is 0.410 e. The van der Waals surface area contributed by atoms with E-state index in [9.17, 15) is 13.2 Å². The minimum atomic E-state index is -3.22. The number of piperidine rings is 1. The molecule has 0 radical (unpaired) electrons. The summed E-state index contributed by atoms with van der Waals surface area (Å²) in [6.45, 7) is 6.82. The van der Waals surface area contributed by atoms with E-state index in [4.69, 9.17) is 4.74 Å². The first-order chi connectivity index (χ1) is 11.2. The maximum atomic E-state index is 12.3. The Balaban J connectivity index is 1.80. The van der Waals surface area contributed by atoms with Gasteiger partial charge in [-0.1, -0.05) is 18.2 Å². The molecule has 24 heavy (non-hydrogen) atoms. The number of rotatable bonds is 4. The Morgan fingerprint density at radius 2 is 1.75 bits per heavy atom. The average molecular weight is 353 g/mol. The molecule has 1 fully saturated rings. The van der Waals surface area contributed by atoms with Crippen molar-refractivity contribution in [2.24, 2.45) is 5.92 Å². The zero-order chi connectivity index (χ0) is 17.8. The van der Waals surface area contributed by atoms with Crippen LogP contribution in [-0.2, 0) is 14.6 Å². The Labute approximate surface area is 144 Å². The molecular weight excluding hydrogens is 326 g/mol. The molecule has 5 nitrogen and oxygen atoms in total. The van der Waals surface area contributed by atoms with Gasteiger partial charge in [-0.25, -0.2) is 13.2 Å². The first kappa shape index (κ1) is 18.8. The molecule has 0 bridgehead atoms. The summed E-state index contributed by atoms with van der Waals surface area (Å²) >= 11 is 0. The molecule has 1 saturated heterocycles. The fourth-order valence-corrected chi connectivity index (χ4v) is 4.25. The van der Waals surface area contributed by atoms with Crippen molar-refractivity contribution in [3.05, 3.63) is 30.3 Å². The summed E-state index contributed by atoms with van der Waals surface area (Å²) in [7, 11) is -3.22. The molecule has 2 rings (SSSR count). The molecule has 0 saturated carbocycles. The molecule has 134 valence electrons. The van der Waals surface area contributed by atoms with Gasteiger partial charge in [0, 0.05) is 13.1 Å². The fourth-order valence-electron chi connectivity index (χ4n) is 2.80. The van der Waals surface area contributed by atoms with Crippen molar-refractivity contribution in [1.29, 1.82) is 0 Å². The van der Waals surface area contributed by atoms with Crippen molar-refractivity contribution >= 4 is 15.9 Å². The van der Waals surface area contributed by atoms with Crippen molar-refractivity contribution in [2.45, 2.75) is 50.5 Å². The van der Waals surface area contributed by atoms with Crippen LogP contribution in [0.3, 0.4) is 0 Å². The highest BCUT2D eigenvalue weighted by Crippen LogP contribution is 2.24. The van der Waals surface area contributed by atoms with E-state index in [1.165, 1.54) is 0 Å². The normalized spacial score (nSPS) is 16.9. The van der Waals surface area contributed by atoms with E-state index in [0.29, 0.717) is 30.3 Å². The molecule has 0 aromatic heterocycles. The minimum Gasteiger partial charge on any atom is -0.444 e. The Bertz CT molecular complexity index is 641. The summed E-state index contributed by atoms with van der Waals surface area (Å²) in [5.41, 5.74) is -0.488. The Kier molecular flexibility index (Phi) is 5.91. The van der Waals surface area contributed by atoms with Crippen molar-refractivity contribution in [1.82, 2.24) is 4.90 Å². The van der Waals surface area contributed by atoms with E-state index >= 15 is 0 Å². The summed E-state index contributed by atoms with van der Waals surface area (Å²) < 4.78 is 30.0. The fraction of sp³-hybridized carbons (Fsp3) is 0.611. The second-order valence-electron chi connectivity index (χ2n) is 7.33. The standard InChI is InChI=1S/C18H27NO4S/c1-18(2,3)23-17(20)19-12-9-15(10-13-19)11-14-24(21,22)16-7-5-4-6-8-16/h4-8,15H,9-14H2,1-3H3. The number of carbonyl (C=O) groups is 1. The number of likely N-dealkylation sites (tertiary alicyclic amines) is 1. The van der Waals surface area contributed by atoms with Gasteiger partial charge >= 0.3 is 6.09 Å². The molecule has 1 aromatic carbocycles. The molecule has 0 spiro atoms. The van der Waals surface area contributed by atoms with Crippen LogP contribution in [0.5, 0.6) is 0 Å². The van der Waals surface area contributed by atoms with E-state index < -0.39 is 15.4 Å². The molecule has 0 N–H and O–H groups in total. The van der Waals surface area contributed by atoms with Gasteiger partial charge < -0.3 is 9.64 Å². The minimum absolute atomic E-state index is 0.161. The highest BCUT2D eigenvalue weighted by atomic mass is 32.2. The molecule has 1 aromatic rings. The Morgan fingerprint density at radius 1 is 1.17 bits per heavy atom. The van der Waals surface area contributed by atoms with Crippen molar-refractivity contribution in [3.8, 4) is 0 Å². The molecule has 1 aliphatic heterocycles. The van der Waals surface area contributed by atoms with E-state index in [1.54, 1.807) is 29.2 Å². The van der Waals surface area contributed by atoms with Gasteiger partial charge in [-0.05, 0) is 58.1 Å². The molecule has 0 unspecified atom stereocenters. The predicted molar refractivity (Wildman–Crippen MR) is 93.6 cm³/mol. The molecule has 1 aliphatic rings. The molecule has 0 aliphatic carbocycles. The van der Waals surface area contributed by atoms with E-state index in [0.717, 1.165) is 12.8 Å². The lowest BCUT2D eigenvalue weighted by Crippen LogP contribution is -2.41. The van der Waals surface area contributed by atoms with Gasteiger partial charge in [0.25, 0.3) is 0 Å². The quantitative estimate of drug-likeness (QED) is 0.831. The van der Waals surface area contributed by atoms with Crippen LogP contribution in [0.25, 0.3) is 0 Å². The second kappa shape index (κ2) is 7.55. The third kappa shape index (κ3) is 5.51. The van der Waals surface area contributed by atoms with Crippen molar-refractivity contribution in [3.63, 3.8) is 0 Å². The van der Waals surface area contributed by atoms with Gasteiger partial charge in [0.1, 0.15) is 5.60 Å². The van der Waals surface area contributed by atoms with Gasteiger partial charge in [0.15, 0.2) is 9.84 Å². The zero-order valence-corrected chi connectivity index (χ0v) is 15.5. The maximum Gasteiger partial charge on any atom is 0.410 e. The lowest BCUT2D eigenvalue weighted by atomic mass is 9.95. The summed E-state index contributed by atoms with van der Waals surface area (Å²) in [6.07, 6.45) is 2.00. The SMILES string of the molecule is CC(C)(C)OC(=O)N1CCC(CCS(=O)(=O)c2ccccc2)CC1. The van der Waals surface area contributed by atoms with Crippen LogP contribution in [0.1, 0.15) is 40.0 Å². The van der Waals surface area contributed by atoms with Crippen molar-refractivity contribution < 1.29 is 17.9 Å². The number of sulfone groups is 1. The number of carbonyl (C=O) groups excluding carboxylic acids is 1. The van der Waals surface area contributed by atoms with E-state index in [-0.39, 0.29) is 11.8 Å². The Morgan fingerprint density at radius 3 is 2.29 bits per heavy atom. The zero-order valence-electron chi connectivity index (χ0n) is 14.7. The van der Waals surface area contributed by atoms with Crippen LogP contribution >= 0.6 is 0 Å². The van der Waals surface area contributed by atoms with Gasteiger partial charge in [0.05, 0.1) is 10.6 Å². The molecule has 0 atom stereocenters. The predicted octanol–water partition coefficient (Wildman–Crippen LogP) is 3.50. The lowest BCUT2D eigenvalue weighted by Gasteiger charge is -2.33. The van der Waals surface area contributed by atoms with Gasteiger partial charge in [-0.2, -0.15) is 0 Å². The molecule has 6 heteroatoms. The van der Waals surface area contributed by atoms with Gasteiger partial charge in [0.2, 0.25) is 0 Å². The van der Waals surface area contributed by atoms with E-state index in [2.05, 4.69) is 0 Å². The van der Waals surface area contributed by atoms with Crippen LogP contribution in [0.15, 0.2) is 35.2 Å². The Hall–Kier alpha value is -1.56. The van der Waals surface area contributed by atoms with Crippen LogP contribution in [0.2, 0.25) is 0 Å². The number of nitrogens with zero attached hydrogens (tertiary/aromatic N) is 1. The van der Waals surface area contributed by atoms with Crippen molar-refractivity contribution in [2.75, 3.05) is 18.8 Å². The number of amides is 1. The number of hydrogen-bond acceptors (Lipinski definition) is 4.